The fraction of sp³-hybridized carbons (Fsp3) is 0.769. The molecule has 3 heteroatoms. The maximum absolute atomic E-state index is 4.52. The lowest BCUT2D eigenvalue weighted by Gasteiger charge is -2.25. The first-order valence-corrected chi connectivity index (χ1v) is 6.52. The van der Waals surface area contributed by atoms with Gasteiger partial charge >= 0.3 is 0 Å². The van der Waals surface area contributed by atoms with Crippen LogP contribution in [0.3, 0.4) is 0 Å². The molecule has 1 heterocycles. The monoisotopic (exact) mass is 221 g/mol. The highest BCUT2D eigenvalue weighted by Crippen LogP contribution is 2.28. The fourth-order valence-electron chi connectivity index (χ4n) is 2.51. The molecule has 2 rings (SSSR count). The number of hydrogen-bond acceptors (Lipinski definition) is 2. The summed E-state index contributed by atoms with van der Waals surface area (Å²) in [4.78, 5) is 2.33. The fourth-order valence-corrected chi connectivity index (χ4v) is 2.51. The molecule has 1 aliphatic carbocycles. The molecular weight excluding hydrogens is 198 g/mol. The van der Waals surface area contributed by atoms with E-state index >= 15 is 0 Å². The largest absolute Gasteiger partial charge is 0.301 e. The number of hydrogen-bond donors (Lipinski definition) is 0. The first-order chi connectivity index (χ1) is 7.81. The first kappa shape index (κ1) is 11.6. The molecule has 1 aromatic rings. The van der Waals surface area contributed by atoms with Crippen LogP contribution in [0.5, 0.6) is 0 Å². The van der Waals surface area contributed by atoms with E-state index in [1.165, 1.54) is 37.8 Å². The van der Waals surface area contributed by atoms with Gasteiger partial charge in [0.2, 0.25) is 0 Å². The van der Waals surface area contributed by atoms with Gasteiger partial charge in [-0.2, -0.15) is 5.10 Å². The van der Waals surface area contributed by atoms with Gasteiger partial charge in [-0.25, -0.2) is 0 Å². The summed E-state index contributed by atoms with van der Waals surface area (Å²) in [5.74, 6) is 0. The average molecular weight is 221 g/mol. The lowest BCUT2D eigenvalue weighted by atomic mass is 9.95. The molecule has 0 spiro atoms. The van der Waals surface area contributed by atoms with Crippen LogP contribution >= 0.6 is 0 Å². The van der Waals surface area contributed by atoms with Gasteiger partial charge in [0.1, 0.15) is 0 Å². The zero-order valence-corrected chi connectivity index (χ0v) is 10.5. The maximum Gasteiger partial charge on any atom is 0.0527 e. The minimum absolute atomic E-state index is 0.656. The van der Waals surface area contributed by atoms with Crippen molar-refractivity contribution >= 4 is 0 Å². The summed E-state index contributed by atoms with van der Waals surface area (Å²) in [6.07, 6.45) is 8.71. The van der Waals surface area contributed by atoms with Crippen molar-refractivity contribution in [2.75, 3.05) is 13.6 Å². The zero-order chi connectivity index (χ0) is 11.4. The van der Waals surface area contributed by atoms with Crippen molar-refractivity contribution < 1.29 is 0 Å². The van der Waals surface area contributed by atoms with Crippen LogP contribution in [0.4, 0.5) is 0 Å². The lowest BCUT2D eigenvalue weighted by Crippen LogP contribution is -2.22. The van der Waals surface area contributed by atoms with E-state index in [0.29, 0.717) is 6.04 Å². The van der Waals surface area contributed by atoms with Crippen LogP contribution in [0.15, 0.2) is 12.3 Å². The van der Waals surface area contributed by atoms with Crippen molar-refractivity contribution in [3.05, 3.63) is 18.0 Å². The van der Waals surface area contributed by atoms with Crippen molar-refractivity contribution in [3.63, 3.8) is 0 Å². The van der Waals surface area contributed by atoms with Crippen LogP contribution in [0.25, 0.3) is 0 Å². The Morgan fingerprint density at radius 1 is 1.38 bits per heavy atom. The average Bonchev–Trinajstić information content (AvgIpc) is 2.78. The van der Waals surface area contributed by atoms with Crippen LogP contribution in [0.1, 0.15) is 50.8 Å². The highest BCUT2D eigenvalue weighted by molar-refractivity contribution is 5.02. The molecule has 1 aliphatic rings. The van der Waals surface area contributed by atoms with Gasteiger partial charge < -0.3 is 4.90 Å². The molecule has 1 fully saturated rings. The molecule has 0 radical (unpaired) electrons. The Morgan fingerprint density at radius 2 is 2.12 bits per heavy atom. The highest BCUT2D eigenvalue weighted by atomic mass is 15.3. The van der Waals surface area contributed by atoms with E-state index in [1.54, 1.807) is 0 Å². The van der Waals surface area contributed by atoms with Crippen molar-refractivity contribution in [2.24, 2.45) is 0 Å². The summed E-state index contributed by atoms with van der Waals surface area (Å²) >= 11 is 0. The molecule has 0 saturated heterocycles. The predicted octanol–water partition coefficient (Wildman–Crippen LogP) is 2.84. The highest BCUT2D eigenvalue weighted by Gasteiger charge is 2.18. The molecule has 0 amide bonds. The van der Waals surface area contributed by atoms with E-state index in [-0.39, 0.29) is 0 Å². The zero-order valence-electron chi connectivity index (χ0n) is 10.5. The van der Waals surface area contributed by atoms with Crippen LogP contribution in [-0.2, 0) is 6.54 Å². The van der Waals surface area contributed by atoms with Crippen molar-refractivity contribution in [3.8, 4) is 0 Å². The van der Waals surface area contributed by atoms with Gasteiger partial charge in [-0.15, -0.1) is 0 Å². The second-order valence-electron chi connectivity index (χ2n) is 4.89. The van der Waals surface area contributed by atoms with Gasteiger partial charge in [0.05, 0.1) is 11.7 Å². The Morgan fingerprint density at radius 3 is 2.81 bits per heavy atom. The minimum atomic E-state index is 0.656. The van der Waals surface area contributed by atoms with E-state index < -0.39 is 0 Å². The molecule has 0 unspecified atom stereocenters. The molecule has 0 atom stereocenters. The summed E-state index contributed by atoms with van der Waals surface area (Å²) in [5.41, 5.74) is 1.37. The molecule has 0 bridgehead atoms. The van der Waals surface area contributed by atoms with Crippen LogP contribution < -0.4 is 0 Å². The summed E-state index contributed by atoms with van der Waals surface area (Å²) in [6, 6.07) is 2.82. The Kier molecular flexibility index (Phi) is 3.99. The molecule has 1 aromatic heterocycles. The van der Waals surface area contributed by atoms with E-state index in [9.17, 15) is 0 Å². The third-order valence-corrected chi connectivity index (χ3v) is 3.64. The lowest BCUT2D eigenvalue weighted by molar-refractivity contribution is 0.290. The smallest absolute Gasteiger partial charge is 0.0527 e. The Bertz CT molecular complexity index is 313. The summed E-state index contributed by atoms with van der Waals surface area (Å²) in [5, 5.41) is 4.52. The van der Waals surface area contributed by atoms with Gasteiger partial charge in [-0.3, -0.25) is 4.68 Å². The molecule has 0 N–H and O–H groups in total. The normalized spacial score (nSPS) is 18.2. The molecular formula is C13H23N3. The van der Waals surface area contributed by atoms with Crippen molar-refractivity contribution in [1.29, 1.82) is 0 Å². The second kappa shape index (κ2) is 5.48. The molecule has 3 nitrogen and oxygen atoms in total. The second-order valence-corrected chi connectivity index (χ2v) is 4.89. The van der Waals surface area contributed by atoms with Crippen LogP contribution in [0, 0.1) is 0 Å². The topological polar surface area (TPSA) is 21.1 Å². The van der Waals surface area contributed by atoms with E-state index in [0.717, 1.165) is 13.1 Å². The maximum atomic E-state index is 4.52. The summed E-state index contributed by atoms with van der Waals surface area (Å²) in [6.45, 7) is 4.31. The summed E-state index contributed by atoms with van der Waals surface area (Å²) < 4.78 is 2.27. The van der Waals surface area contributed by atoms with Gasteiger partial charge in [0.15, 0.2) is 0 Å². The third kappa shape index (κ3) is 2.64. The molecule has 16 heavy (non-hydrogen) atoms. The predicted molar refractivity (Wildman–Crippen MR) is 66.4 cm³/mol. The molecule has 1 saturated carbocycles. The molecule has 0 aliphatic heterocycles. The number of nitrogens with zero attached hydrogens (tertiary/aromatic N) is 3. The minimum Gasteiger partial charge on any atom is -0.301 e. The van der Waals surface area contributed by atoms with Gasteiger partial charge in [0, 0.05) is 12.7 Å². The third-order valence-electron chi connectivity index (χ3n) is 3.64. The van der Waals surface area contributed by atoms with E-state index in [1.807, 2.05) is 6.20 Å². The van der Waals surface area contributed by atoms with Crippen molar-refractivity contribution in [2.45, 2.75) is 51.6 Å². The first-order valence-electron chi connectivity index (χ1n) is 6.52. The standard InChI is InChI=1S/C13H23N3/c1-3-15(2)11-13-9-10-14-16(13)12-7-5-4-6-8-12/h9-10,12H,3-8,11H2,1-2H3. The van der Waals surface area contributed by atoms with Crippen LogP contribution in [0.2, 0.25) is 0 Å². The van der Waals surface area contributed by atoms with Gasteiger partial charge in [-0.1, -0.05) is 26.2 Å². The Balaban J connectivity index is 2.05. The summed E-state index contributed by atoms with van der Waals surface area (Å²) in [7, 11) is 2.16. The van der Waals surface area contributed by atoms with Crippen LogP contribution in [-0.4, -0.2) is 28.3 Å². The van der Waals surface area contributed by atoms with Gasteiger partial charge in [-0.05, 0) is 32.5 Å². The molecule has 0 aromatic carbocycles. The number of rotatable bonds is 4. The van der Waals surface area contributed by atoms with Gasteiger partial charge in [0.25, 0.3) is 0 Å². The quantitative estimate of drug-likeness (QED) is 0.779. The van der Waals surface area contributed by atoms with Crippen molar-refractivity contribution in [1.82, 2.24) is 14.7 Å². The Labute approximate surface area is 98.4 Å². The van der Waals surface area contributed by atoms with E-state index in [2.05, 4.69) is 34.7 Å². The SMILES string of the molecule is CCN(C)Cc1ccnn1C1CCCCC1. The van der Waals surface area contributed by atoms with E-state index in [4.69, 9.17) is 0 Å². The molecule has 90 valence electrons. The number of aromatic nitrogens is 2. The Hall–Kier alpha value is -0.830.